The van der Waals surface area contributed by atoms with Crippen molar-refractivity contribution in [1.82, 2.24) is 9.97 Å². The molecule has 0 amide bonds. The maximum Gasteiger partial charge on any atom is 0.308 e. The van der Waals surface area contributed by atoms with Gasteiger partial charge in [-0.1, -0.05) is 12.1 Å². The van der Waals surface area contributed by atoms with Crippen LogP contribution >= 0.6 is 11.3 Å². The van der Waals surface area contributed by atoms with E-state index < -0.39 is 0 Å². The number of aromatic nitrogens is 2. The average molecular weight is 355 g/mol. The molecule has 128 valence electrons. The number of hydrogen-bond donors (Lipinski definition) is 0. The van der Waals surface area contributed by atoms with E-state index >= 15 is 0 Å². The molecule has 1 aliphatic heterocycles. The fraction of sp³-hybridized carbons (Fsp3) is 0.278. The van der Waals surface area contributed by atoms with Crippen molar-refractivity contribution in [3.63, 3.8) is 0 Å². The van der Waals surface area contributed by atoms with E-state index in [1.54, 1.807) is 23.5 Å². The molecular formula is C18H17N3O3S. The Hall–Kier alpha value is -2.51. The maximum atomic E-state index is 11.2. The molecule has 0 radical (unpaired) electrons. The number of carbonyl (C=O) groups excluding carboxylic acids is 1. The van der Waals surface area contributed by atoms with Gasteiger partial charge in [0.1, 0.15) is 5.75 Å². The second-order valence-electron chi connectivity index (χ2n) is 5.73. The summed E-state index contributed by atoms with van der Waals surface area (Å²) in [7, 11) is 0. The number of carbonyl (C=O) groups is 1. The number of thiophene rings is 1. The summed E-state index contributed by atoms with van der Waals surface area (Å²) in [4.78, 5) is 22.9. The summed E-state index contributed by atoms with van der Waals surface area (Å²) in [6, 6.07) is 9.30. The van der Waals surface area contributed by atoms with Crippen LogP contribution in [-0.4, -0.2) is 42.2 Å². The first-order valence-electron chi connectivity index (χ1n) is 8.07. The summed E-state index contributed by atoms with van der Waals surface area (Å²) >= 11 is 1.65. The molecule has 0 aliphatic carbocycles. The van der Waals surface area contributed by atoms with E-state index in [4.69, 9.17) is 14.5 Å². The first-order valence-corrected chi connectivity index (χ1v) is 8.95. The van der Waals surface area contributed by atoms with E-state index in [0.717, 1.165) is 34.7 Å². The van der Waals surface area contributed by atoms with Gasteiger partial charge in [0, 0.05) is 25.6 Å². The largest absolute Gasteiger partial charge is 0.427 e. The average Bonchev–Trinajstić information content (AvgIpc) is 3.10. The number of fused-ring (bicyclic) bond motifs is 1. The van der Waals surface area contributed by atoms with Gasteiger partial charge >= 0.3 is 5.97 Å². The molecule has 0 N–H and O–H groups in total. The minimum Gasteiger partial charge on any atom is -0.427 e. The molecule has 0 unspecified atom stereocenters. The van der Waals surface area contributed by atoms with Crippen LogP contribution < -0.4 is 9.64 Å². The van der Waals surface area contributed by atoms with Crippen LogP contribution in [0, 0.1) is 0 Å². The highest BCUT2D eigenvalue weighted by Gasteiger charge is 2.19. The van der Waals surface area contributed by atoms with Crippen LogP contribution in [0.4, 0.5) is 5.82 Å². The van der Waals surface area contributed by atoms with Crippen molar-refractivity contribution in [1.29, 1.82) is 0 Å². The second-order valence-corrected chi connectivity index (χ2v) is 6.64. The lowest BCUT2D eigenvalue weighted by atomic mass is 10.2. The molecule has 7 heteroatoms. The topological polar surface area (TPSA) is 64.5 Å². The molecule has 1 aromatic carbocycles. The van der Waals surface area contributed by atoms with Crippen molar-refractivity contribution < 1.29 is 14.3 Å². The van der Waals surface area contributed by atoms with Crippen molar-refractivity contribution in [3.05, 3.63) is 35.7 Å². The molecule has 3 heterocycles. The van der Waals surface area contributed by atoms with Crippen LogP contribution in [0.1, 0.15) is 6.92 Å². The minimum absolute atomic E-state index is 0.347. The van der Waals surface area contributed by atoms with Crippen molar-refractivity contribution in [2.75, 3.05) is 31.2 Å². The molecule has 0 saturated carbocycles. The quantitative estimate of drug-likeness (QED) is 0.531. The maximum absolute atomic E-state index is 11.2. The van der Waals surface area contributed by atoms with Crippen molar-refractivity contribution >= 4 is 33.3 Å². The first kappa shape index (κ1) is 16.0. The molecule has 1 fully saturated rings. The second kappa shape index (κ2) is 6.78. The number of rotatable bonds is 3. The molecule has 0 bridgehead atoms. The van der Waals surface area contributed by atoms with E-state index in [9.17, 15) is 4.79 Å². The van der Waals surface area contributed by atoms with Gasteiger partial charge in [-0.3, -0.25) is 4.79 Å². The Morgan fingerprint density at radius 1 is 1.24 bits per heavy atom. The van der Waals surface area contributed by atoms with Crippen LogP contribution in [0.15, 0.2) is 35.7 Å². The van der Waals surface area contributed by atoms with Crippen LogP contribution in [0.3, 0.4) is 0 Å². The standard InChI is InChI=1S/C18H17N3O3S/c1-12(22)24-14-4-2-3-13(11-14)17-19-15-5-10-25-16(15)18(20-17)21-6-8-23-9-7-21/h2-5,10-11H,6-9H2,1H3. The summed E-state index contributed by atoms with van der Waals surface area (Å²) < 4.78 is 11.7. The Kier molecular flexibility index (Phi) is 4.33. The van der Waals surface area contributed by atoms with E-state index in [1.807, 2.05) is 23.6 Å². The summed E-state index contributed by atoms with van der Waals surface area (Å²) in [5.74, 6) is 1.71. The highest BCUT2D eigenvalue weighted by molar-refractivity contribution is 7.17. The Morgan fingerprint density at radius 2 is 2.08 bits per heavy atom. The number of hydrogen-bond acceptors (Lipinski definition) is 7. The minimum atomic E-state index is -0.347. The Balaban J connectivity index is 1.78. The first-order chi connectivity index (χ1) is 12.2. The van der Waals surface area contributed by atoms with Gasteiger partial charge in [0.25, 0.3) is 0 Å². The van der Waals surface area contributed by atoms with Crippen molar-refractivity contribution in [2.45, 2.75) is 6.92 Å². The Labute approximate surface area is 149 Å². The highest BCUT2D eigenvalue weighted by Crippen LogP contribution is 2.32. The molecule has 2 aromatic heterocycles. The smallest absolute Gasteiger partial charge is 0.308 e. The molecular weight excluding hydrogens is 338 g/mol. The van der Waals surface area contributed by atoms with Crippen LogP contribution in [-0.2, 0) is 9.53 Å². The van der Waals surface area contributed by atoms with E-state index in [0.29, 0.717) is 24.8 Å². The number of anilines is 1. The summed E-state index contributed by atoms with van der Waals surface area (Å²) in [5, 5.41) is 2.03. The Bertz CT molecular complexity index is 919. The highest BCUT2D eigenvalue weighted by atomic mass is 32.1. The lowest BCUT2D eigenvalue weighted by Crippen LogP contribution is -2.36. The lowest BCUT2D eigenvalue weighted by Gasteiger charge is -2.28. The fourth-order valence-corrected chi connectivity index (χ4v) is 3.68. The molecule has 0 spiro atoms. The van der Waals surface area contributed by atoms with Crippen molar-refractivity contribution in [2.24, 2.45) is 0 Å². The zero-order valence-corrected chi connectivity index (χ0v) is 14.6. The molecule has 1 aliphatic rings. The van der Waals surface area contributed by atoms with Gasteiger partial charge in [-0.2, -0.15) is 0 Å². The predicted molar refractivity (Wildman–Crippen MR) is 97.2 cm³/mol. The van der Waals surface area contributed by atoms with E-state index in [1.165, 1.54) is 6.92 Å². The normalized spacial score (nSPS) is 14.7. The molecule has 0 atom stereocenters. The summed E-state index contributed by atoms with van der Waals surface area (Å²) in [6.45, 7) is 4.42. The SMILES string of the molecule is CC(=O)Oc1cccc(-c2nc(N3CCOCC3)c3sccc3n2)c1. The van der Waals surface area contributed by atoms with Gasteiger partial charge in [-0.15, -0.1) is 11.3 Å². The van der Waals surface area contributed by atoms with Gasteiger partial charge in [-0.05, 0) is 23.6 Å². The number of esters is 1. The molecule has 6 nitrogen and oxygen atoms in total. The molecule has 4 rings (SSSR count). The molecule has 1 saturated heterocycles. The van der Waals surface area contributed by atoms with Gasteiger partial charge in [0.2, 0.25) is 0 Å². The Morgan fingerprint density at radius 3 is 2.88 bits per heavy atom. The predicted octanol–water partition coefficient (Wildman–Crippen LogP) is 3.12. The third kappa shape index (κ3) is 3.33. The zero-order valence-electron chi connectivity index (χ0n) is 13.8. The lowest BCUT2D eigenvalue weighted by molar-refractivity contribution is -0.131. The number of morpholine rings is 1. The third-order valence-corrected chi connectivity index (χ3v) is 4.85. The van der Waals surface area contributed by atoms with Crippen molar-refractivity contribution in [3.8, 4) is 17.1 Å². The fourth-order valence-electron chi connectivity index (χ4n) is 2.83. The monoisotopic (exact) mass is 355 g/mol. The van der Waals surface area contributed by atoms with Crippen LogP contribution in [0.2, 0.25) is 0 Å². The number of benzene rings is 1. The molecule has 25 heavy (non-hydrogen) atoms. The number of nitrogens with zero attached hydrogens (tertiary/aromatic N) is 3. The van der Waals surface area contributed by atoms with E-state index in [2.05, 4.69) is 9.88 Å². The summed E-state index contributed by atoms with van der Waals surface area (Å²) in [5.41, 5.74) is 1.75. The summed E-state index contributed by atoms with van der Waals surface area (Å²) in [6.07, 6.45) is 0. The van der Waals surface area contributed by atoms with Crippen LogP contribution in [0.5, 0.6) is 5.75 Å². The zero-order chi connectivity index (χ0) is 17.2. The van der Waals surface area contributed by atoms with Gasteiger partial charge < -0.3 is 14.4 Å². The van der Waals surface area contributed by atoms with Gasteiger partial charge in [0.05, 0.1) is 23.4 Å². The molecule has 3 aromatic rings. The van der Waals surface area contributed by atoms with Gasteiger partial charge in [0.15, 0.2) is 11.6 Å². The van der Waals surface area contributed by atoms with Crippen LogP contribution in [0.25, 0.3) is 21.6 Å². The van der Waals surface area contributed by atoms with E-state index in [-0.39, 0.29) is 5.97 Å². The van der Waals surface area contributed by atoms with Gasteiger partial charge in [-0.25, -0.2) is 9.97 Å². The number of ether oxygens (including phenoxy) is 2. The third-order valence-electron chi connectivity index (χ3n) is 3.95.